The molecule has 1 aromatic carbocycles. The van der Waals surface area contributed by atoms with Crippen LogP contribution in [0.2, 0.25) is 5.02 Å². The first kappa shape index (κ1) is 17.6. The van der Waals surface area contributed by atoms with Gasteiger partial charge in [-0.1, -0.05) is 23.4 Å². The summed E-state index contributed by atoms with van der Waals surface area (Å²) in [5.74, 6) is 1.52. The topological polar surface area (TPSA) is 79.9 Å². The Balaban J connectivity index is 1.79. The highest BCUT2D eigenvalue weighted by Crippen LogP contribution is 2.17. The van der Waals surface area contributed by atoms with Crippen molar-refractivity contribution in [2.75, 3.05) is 5.75 Å². The number of nitrogens with zero attached hydrogens (tertiary/aromatic N) is 2. The average molecular weight is 355 g/mol. The first-order chi connectivity index (χ1) is 10.8. The maximum Gasteiger partial charge on any atom is 0.230 e. The second-order valence-electron chi connectivity index (χ2n) is 5.89. The van der Waals surface area contributed by atoms with Gasteiger partial charge in [0.15, 0.2) is 5.82 Å². The lowest BCUT2D eigenvalue weighted by Crippen LogP contribution is -2.41. The van der Waals surface area contributed by atoms with Crippen LogP contribution in [0, 0.1) is 0 Å². The molecule has 6 nitrogen and oxygen atoms in total. The highest BCUT2D eigenvalue weighted by molar-refractivity contribution is 7.99. The quantitative estimate of drug-likeness (QED) is 0.779. The van der Waals surface area contributed by atoms with E-state index in [4.69, 9.17) is 16.3 Å². The minimum atomic E-state index is -0.242. The predicted molar refractivity (Wildman–Crippen MR) is 90.8 cm³/mol. The van der Waals surface area contributed by atoms with Gasteiger partial charge in [-0.15, -0.1) is 5.10 Å². The maximum atomic E-state index is 11.7. The van der Waals surface area contributed by atoms with Crippen LogP contribution in [0.4, 0.5) is 0 Å². The number of thioether (sulfide) groups is 1. The third-order valence-corrected chi connectivity index (χ3v) is 3.65. The third-order valence-electron chi connectivity index (χ3n) is 2.55. The lowest BCUT2D eigenvalue weighted by atomic mass is 10.1. The number of amides is 1. The summed E-state index contributed by atoms with van der Waals surface area (Å²) in [6.07, 6.45) is 0. The van der Waals surface area contributed by atoms with Crippen LogP contribution < -0.4 is 10.1 Å². The Morgan fingerprint density at radius 2 is 2.04 bits per heavy atom. The van der Waals surface area contributed by atoms with Crippen LogP contribution in [0.15, 0.2) is 29.4 Å². The van der Waals surface area contributed by atoms with Gasteiger partial charge in [-0.25, -0.2) is 4.98 Å². The predicted octanol–water partition coefficient (Wildman–Crippen LogP) is 3.04. The molecule has 0 aliphatic heterocycles. The van der Waals surface area contributed by atoms with Crippen molar-refractivity contribution in [1.82, 2.24) is 20.5 Å². The Kier molecular flexibility index (Phi) is 5.90. The Morgan fingerprint density at radius 3 is 2.70 bits per heavy atom. The molecule has 23 heavy (non-hydrogen) atoms. The van der Waals surface area contributed by atoms with E-state index >= 15 is 0 Å². The van der Waals surface area contributed by atoms with Crippen LogP contribution in [-0.4, -0.2) is 32.4 Å². The highest BCUT2D eigenvalue weighted by Gasteiger charge is 2.14. The highest BCUT2D eigenvalue weighted by atomic mass is 35.5. The van der Waals surface area contributed by atoms with Crippen LogP contribution in [0.5, 0.6) is 5.75 Å². The number of halogens is 1. The SMILES string of the molecule is CC(C)(C)NC(=O)CSc1n[nH]c(COc2ccc(Cl)cc2)n1. The molecule has 0 saturated carbocycles. The minimum absolute atomic E-state index is 0.0498. The van der Waals surface area contributed by atoms with Gasteiger partial charge >= 0.3 is 0 Å². The third kappa shape index (κ3) is 6.50. The molecule has 2 rings (SSSR count). The Hall–Kier alpha value is -1.73. The molecule has 2 N–H and O–H groups in total. The zero-order chi connectivity index (χ0) is 16.9. The first-order valence-electron chi connectivity index (χ1n) is 7.05. The van der Waals surface area contributed by atoms with Gasteiger partial charge in [0.25, 0.3) is 0 Å². The van der Waals surface area contributed by atoms with E-state index in [2.05, 4.69) is 20.5 Å². The number of hydrogen-bond acceptors (Lipinski definition) is 5. The standard InChI is InChI=1S/C15H19ClN4O2S/c1-15(2,3)18-13(21)9-23-14-17-12(19-20-14)8-22-11-6-4-10(16)5-7-11/h4-7H,8-9H2,1-3H3,(H,18,21)(H,17,19,20). The number of aromatic amines is 1. The van der Waals surface area contributed by atoms with E-state index in [1.807, 2.05) is 20.8 Å². The molecule has 0 atom stereocenters. The van der Waals surface area contributed by atoms with Gasteiger partial charge < -0.3 is 10.1 Å². The van der Waals surface area contributed by atoms with Gasteiger partial charge in [0, 0.05) is 10.6 Å². The van der Waals surface area contributed by atoms with Crippen LogP contribution in [-0.2, 0) is 11.4 Å². The van der Waals surface area contributed by atoms with E-state index in [-0.39, 0.29) is 23.8 Å². The molecule has 0 bridgehead atoms. The van der Waals surface area contributed by atoms with Crippen LogP contribution >= 0.6 is 23.4 Å². The van der Waals surface area contributed by atoms with Gasteiger partial charge in [0.05, 0.1) is 5.75 Å². The molecule has 124 valence electrons. The Morgan fingerprint density at radius 1 is 1.35 bits per heavy atom. The second-order valence-corrected chi connectivity index (χ2v) is 7.27. The fourth-order valence-corrected chi connectivity index (χ4v) is 2.42. The summed E-state index contributed by atoms with van der Waals surface area (Å²) >= 11 is 7.09. The van der Waals surface area contributed by atoms with E-state index in [0.717, 1.165) is 0 Å². The molecular formula is C15H19ClN4O2S. The van der Waals surface area contributed by atoms with Crippen molar-refractivity contribution in [2.45, 2.75) is 38.1 Å². The number of rotatable bonds is 6. The summed E-state index contributed by atoms with van der Waals surface area (Å²) in [6.45, 7) is 6.08. The lowest BCUT2D eigenvalue weighted by molar-refractivity contribution is -0.119. The monoisotopic (exact) mass is 354 g/mol. The summed E-state index contributed by atoms with van der Waals surface area (Å²) in [6, 6.07) is 7.08. The zero-order valence-electron chi connectivity index (χ0n) is 13.2. The average Bonchev–Trinajstić information content (AvgIpc) is 2.91. The normalized spacial score (nSPS) is 11.3. The molecule has 1 heterocycles. The molecule has 0 aliphatic carbocycles. The molecular weight excluding hydrogens is 336 g/mol. The van der Waals surface area contributed by atoms with Crippen molar-refractivity contribution < 1.29 is 9.53 Å². The van der Waals surface area contributed by atoms with E-state index in [0.29, 0.717) is 21.8 Å². The molecule has 1 amide bonds. The maximum absolute atomic E-state index is 11.7. The van der Waals surface area contributed by atoms with Gasteiger partial charge in [-0.05, 0) is 45.0 Å². The number of carbonyl (C=O) groups is 1. The van der Waals surface area contributed by atoms with Gasteiger partial charge in [-0.2, -0.15) is 0 Å². The van der Waals surface area contributed by atoms with Crippen LogP contribution in [0.25, 0.3) is 0 Å². The Labute approximate surface area is 144 Å². The van der Waals surface area contributed by atoms with E-state index in [1.54, 1.807) is 24.3 Å². The van der Waals surface area contributed by atoms with Crippen molar-refractivity contribution in [3.8, 4) is 5.75 Å². The fraction of sp³-hybridized carbons (Fsp3) is 0.400. The summed E-state index contributed by atoms with van der Waals surface area (Å²) in [5.41, 5.74) is -0.242. The number of aromatic nitrogens is 3. The number of H-pyrrole nitrogens is 1. The molecule has 0 aliphatic rings. The van der Waals surface area contributed by atoms with Gasteiger partial charge in [-0.3, -0.25) is 9.89 Å². The fourth-order valence-electron chi connectivity index (χ4n) is 1.67. The summed E-state index contributed by atoms with van der Waals surface area (Å²) in [7, 11) is 0. The van der Waals surface area contributed by atoms with E-state index < -0.39 is 0 Å². The van der Waals surface area contributed by atoms with Crippen molar-refractivity contribution in [1.29, 1.82) is 0 Å². The molecule has 0 spiro atoms. The molecule has 0 fully saturated rings. The largest absolute Gasteiger partial charge is 0.486 e. The van der Waals surface area contributed by atoms with Gasteiger partial charge in [0.2, 0.25) is 11.1 Å². The number of nitrogens with one attached hydrogen (secondary N) is 2. The molecule has 0 saturated heterocycles. The van der Waals surface area contributed by atoms with Crippen molar-refractivity contribution in [3.05, 3.63) is 35.1 Å². The number of hydrogen-bond donors (Lipinski definition) is 2. The zero-order valence-corrected chi connectivity index (χ0v) is 14.8. The number of benzene rings is 1. The summed E-state index contributed by atoms with van der Waals surface area (Å²) < 4.78 is 5.57. The second kappa shape index (κ2) is 7.70. The molecule has 0 radical (unpaired) electrons. The molecule has 0 unspecified atom stereocenters. The van der Waals surface area contributed by atoms with Crippen molar-refractivity contribution in [3.63, 3.8) is 0 Å². The van der Waals surface area contributed by atoms with Crippen LogP contribution in [0.1, 0.15) is 26.6 Å². The van der Waals surface area contributed by atoms with Crippen molar-refractivity contribution >= 4 is 29.3 Å². The van der Waals surface area contributed by atoms with E-state index in [1.165, 1.54) is 11.8 Å². The lowest BCUT2D eigenvalue weighted by Gasteiger charge is -2.19. The number of ether oxygens (including phenoxy) is 1. The summed E-state index contributed by atoms with van der Waals surface area (Å²) in [5, 5.41) is 10.9. The molecule has 2 aromatic rings. The minimum Gasteiger partial charge on any atom is -0.486 e. The first-order valence-corrected chi connectivity index (χ1v) is 8.42. The van der Waals surface area contributed by atoms with E-state index in [9.17, 15) is 4.79 Å². The Bertz CT molecular complexity index is 652. The van der Waals surface area contributed by atoms with Gasteiger partial charge in [0.1, 0.15) is 12.4 Å². The molecule has 8 heteroatoms. The van der Waals surface area contributed by atoms with Crippen molar-refractivity contribution in [2.24, 2.45) is 0 Å². The smallest absolute Gasteiger partial charge is 0.230 e. The number of carbonyl (C=O) groups excluding carboxylic acids is 1. The van der Waals surface area contributed by atoms with Crippen LogP contribution in [0.3, 0.4) is 0 Å². The summed E-state index contributed by atoms with van der Waals surface area (Å²) in [4.78, 5) is 16.0. The molecule has 1 aromatic heterocycles.